The SMILES string of the molecule is CCOC(=O)Cn1cc(-c2cnc3ccc(N(S)C(=O)NCC4CC4)nc3n2)cn1. The second-order valence-electron chi connectivity index (χ2n) is 6.94. The standard InChI is InChI=1S/C19H21N7O3S/c1-2-29-17(27)11-25-10-13(8-22-25)15-9-20-14-5-6-16(24-18(14)23-15)26(30)19(28)21-7-12-3-4-12/h5-6,8-10,12,30H,2-4,7,11H2,1H3,(H,21,28). The minimum absolute atomic E-state index is 0.0157. The molecule has 4 rings (SSSR count). The molecule has 0 aromatic carbocycles. The van der Waals surface area contributed by atoms with Gasteiger partial charge in [0.1, 0.15) is 17.9 Å². The van der Waals surface area contributed by atoms with Crippen LogP contribution in [0.15, 0.2) is 30.7 Å². The molecular formula is C19H21N7O3S. The van der Waals surface area contributed by atoms with Crippen LogP contribution in [0.25, 0.3) is 22.4 Å². The zero-order valence-corrected chi connectivity index (χ0v) is 17.2. The smallest absolute Gasteiger partial charge is 0.333 e. The predicted molar refractivity (Wildman–Crippen MR) is 113 cm³/mol. The van der Waals surface area contributed by atoms with Crippen molar-refractivity contribution in [3.8, 4) is 11.3 Å². The van der Waals surface area contributed by atoms with E-state index in [-0.39, 0.29) is 18.5 Å². The van der Waals surface area contributed by atoms with Crippen molar-refractivity contribution in [2.24, 2.45) is 5.92 Å². The average molecular weight is 427 g/mol. The van der Waals surface area contributed by atoms with Crippen molar-refractivity contribution in [1.82, 2.24) is 30.0 Å². The van der Waals surface area contributed by atoms with Crippen molar-refractivity contribution >= 4 is 41.8 Å². The highest BCUT2D eigenvalue weighted by molar-refractivity contribution is 7.82. The minimum atomic E-state index is -0.364. The topological polar surface area (TPSA) is 115 Å². The number of esters is 1. The molecule has 1 saturated carbocycles. The summed E-state index contributed by atoms with van der Waals surface area (Å²) < 4.78 is 7.56. The van der Waals surface area contributed by atoms with E-state index in [9.17, 15) is 9.59 Å². The Labute approximate surface area is 178 Å². The molecule has 10 nitrogen and oxygen atoms in total. The molecule has 1 N–H and O–H groups in total. The quantitative estimate of drug-likeness (QED) is 0.439. The number of nitrogens with one attached hydrogen (secondary N) is 1. The molecule has 0 saturated heterocycles. The molecule has 3 aromatic heterocycles. The van der Waals surface area contributed by atoms with Crippen LogP contribution in [0.5, 0.6) is 0 Å². The lowest BCUT2D eigenvalue weighted by atomic mass is 10.2. The van der Waals surface area contributed by atoms with Crippen LogP contribution in [0.3, 0.4) is 0 Å². The average Bonchev–Trinajstić information content (AvgIpc) is 3.47. The van der Waals surface area contributed by atoms with E-state index in [1.807, 2.05) is 0 Å². The summed E-state index contributed by atoms with van der Waals surface area (Å²) >= 11 is 4.26. The summed E-state index contributed by atoms with van der Waals surface area (Å²) in [5.74, 6) is 0.555. The lowest BCUT2D eigenvalue weighted by Crippen LogP contribution is -2.35. The fraction of sp³-hybridized carbons (Fsp3) is 0.368. The molecule has 3 aromatic rings. The molecule has 0 radical (unpaired) electrons. The highest BCUT2D eigenvalue weighted by Gasteiger charge is 2.23. The third-order valence-electron chi connectivity index (χ3n) is 4.57. The summed E-state index contributed by atoms with van der Waals surface area (Å²) in [5.41, 5.74) is 2.19. The number of amides is 2. The van der Waals surface area contributed by atoms with Crippen molar-refractivity contribution in [3.63, 3.8) is 0 Å². The number of hydrogen-bond acceptors (Lipinski definition) is 8. The molecule has 2 amide bonds. The van der Waals surface area contributed by atoms with E-state index >= 15 is 0 Å². The normalized spacial score (nSPS) is 13.3. The first-order valence-electron chi connectivity index (χ1n) is 9.62. The molecule has 1 fully saturated rings. The van der Waals surface area contributed by atoms with Crippen LogP contribution in [0.4, 0.5) is 10.6 Å². The number of anilines is 1. The van der Waals surface area contributed by atoms with Gasteiger partial charge in [-0.05, 0) is 37.8 Å². The molecule has 1 aliphatic carbocycles. The number of carbonyl (C=O) groups is 2. The van der Waals surface area contributed by atoms with Gasteiger partial charge in [-0.2, -0.15) is 5.10 Å². The maximum absolute atomic E-state index is 12.3. The number of pyridine rings is 1. The van der Waals surface area contributed by atoms with E-state index in [4.69, 9.17) is 4.74 Å². The van der Waals surface area contributed by atoms with Crippen LogP contribution in [-0.4, -0.2) is 49.9 Å². The maximum Gasteiger partial charge on any atom is 0.333 e. The van der Waals surface area contributed by atoms with Crippen LogP contribution in [0.1, 0.15) is 19.8 Å². The molecule has 0 aliphatic heterocycles. The van der Waals surface area contributed by atoms with Crippen molar-refractivity contribution in [2.75, 3.05) is 17.5 Å². The Morgan fingerprint density at radius 3 is 2.90 bits per heavy atom. The van der Waals surface area contributed by atoms with Crippen molar-refractivity contribution in [2.45, 2.75) is 26.3 Å². The number of nitrogens with zero attached hydrogens (tertiary/aromatic N) is 6. The van der Waals surface area contributed by atoms with Crippen molar-refractivity contribution in [3.05, 3.63) is 30.7 Å². The first-order chi connectivity index (χ1) is 14.5. The second-order valence-corrected chi connectivity index (χ2v) is 7.34. The van der Waals surface area contributed by atoms with Crippen molar-refractivity contribution < 1.29 is 14.3 Å². The largest absolute Gasteiger partial charge is 0.465 e. The van der Waals surface area contributed by atoms with Gasteiger partial charge in [0.05, 0.1) is 24.7 Å². The highest BCUT2D eigenvalue weighted by Crippen LogP contribution is 2.28. The molecule has 11 heteroatoms. The van der Waals surface area contributed by atoms with Gasteiger partial charge in [0, 0.05) is 18.3 Å². The summed E-state index contributed by atoms with van der Waals surface area (Å²) in [6.07, 6.45) is 7.18. The Bertz CT molecular complexity index is 1080. The first kappa shape index (κ1) is 20.1. The van der Waals surface area contributed by atoms with Gasteiger partial charge in [0.2, 0.25) is 0 Å². The van der Waals surface area contributed by atoms with Gasteiger partial charge in [-0.15, -0.1) is 0 Å². The van der Waals surface area contributed by atoms with Gasteiger partial charge in [0.15, 0.2) is 5.65 Å². The van der Waals surface area contributed by atoms with E-state index in [1.165, 1.54) is 4.68 Å². The van der Waals surface area contributed by atoms with E-state index in [0.717, 1.165) is 17.1 Å². The van der Waals surface area contributed by atoms with Gasteiger partial charge < -0.3 is 10.1 Å². The summed E-state index contributed by atoms with van der Waals surface area (Å²) in [7, 11) is 0. The van der Waals surface area contributed by atoms with E-state index in [0.29, 0.717) is 47.3 Å². The Balaban J connectivity index is 1.52. The Morgan fingerprint density at radius 1 is 1.30 bits per heavy atom. The molecule has 0 unspecified atom stereocenters. The van der Waals surface area contributed by atoms with Crippen molar-refractivity contribution in [1.29, 1.82) is 0 Å². The van der Waals surface area contributed by atoms with Crippen LogP contribution in [0.2, 0.25) is 0 Å². The molecule has 0 atom stereocenters. The predicted octanol–water partition coefficient (Wildman–Crippen LogP) is 2.22. The van der Waals surface area contributed by atoms with Gasteiger partial charge in [-0.1, -0.05) is 12.8 Å². The highest BCUT2D eigenvalue weighted by atomic mass is 32.1. The fourth-order valence-corrected chi connectivity index (χ4v) is 2.98. The Morgan fingerprint density at radius 2 is 2.13 bits per heavy atom. The fourth-order valence-electron chi connectivity index (χ4n) is 2.80. The lowest BCUT2D eigenvalue weighted by molar-refractivity contribution is -0.144. The molecule has 0 bridgehead atoms. The van der Waals surface area contributed by atoms with Gasteiger partial charge >= 0.3 is 12.0 Å². The number of ether oxygens (including phenoxy) is 1. The molecule has 3 heterocycles. The molecule has 156 valence electrons. The second kappa shape index (κ2) is 8.66. The number of thiol groups is 1. The molecule has 30 heavy (non-hydrogen) atoms. The van der Waals surface area contributed by atoms with E-state index < -0.39 is 0 Å². The van der Waals surface area contributed by atoms with Crippen LogP contribution >= 0.6 is 12.8 Å². The lowest BCUT2D eigenvalue weighted by Gasteiger charge is -2.15. The van der Waals surface area contributed by atoms with Crippen LogP contribution in [-0.2, 0) is 16.1 Å². The van der Waals surface area contributed by atoms with Crippen LogP contribution < -0.4 is 9.62 Å². The summed E-state index contributed by atoms with van der Waals surface area (Å²) in [5, 5.41) is 7.00. The molecule has 1 aliphatic rings. The first-order valence-corrected chi connectivity index (χ1v) is 10.0. The third-order valence-corrected chi connectivity index (χ3v) is 4.95. The Hall–Kier alpha value is -3.21. The summed E-state index contributed by atoms with van der Waals surface area (Å²) in [6.45, 7) is 2.73. The molecule has 0 spiro atoms. The third kappa shape index (κ3) is 4.67. The zero-order valence-electron chi connectivity index (χ0n) is 16.4. The number of rotatable bonds is 7. The number of aromatic nitrogens is 5. The van der Waals surface area contributed by atoms with Gasteiger partial charge in [0.25, 0.3) is 0 Å². The summed E-state index contributed by atoms with van der Waals surface area (Å²) in [6, 6.07) is 3.06. The van der Waals surface area contributed by atoms with E-state index in [2.05, 4.69) is 38.2 Å². The zero-order chi connectivity index (χ0) is 21.1. The van der Waals surface area contributed by atoms with Crippen LogP contribution in [0, 0.1) is 5.92 Å². The van der Waals surface area contributed by atoms with E-state index in [1.54, 1.807) is 37.6 Å². The Kier molecular flexibility index (Phi) is 5.79. The monoisotopic (exact) mass is 427 g/mol. The maximum atomic E-state index is 12.3. The number of hydrogen-bond donors (Lipinski definition) is 2. The molecular weight excluding hydrogens is 406 g/mol. The number of fused-ring (bicyclic) bond motifs is 1. The number of carbonyl (C=O) groups excluding carboxylic acids is 2. The minimum Gasteiger partial charge on any atom is -0.465 e. The van der Waals surface area contributed by atoms with Gasteiger partial charge in [-0.25, -0.2) is 19.1 Å². The number of urea groups is 1. The van der Waals surface area contributed by atoms with Gasteiger partial charge in [-0.3, -0.25) is 14.5 Å². The summed E-state index contributed by atoms with van der Waals surface area (Å²) in [4.78, 5) is 37.2.